The van der Waals surface area contributed by atoms with Gasteiger partial charge in [0.15, 0.2) is 0 Å². The van der Waals surface area contributed by atoms with Crippen molar-refractivity contribution >= 4 is 0 Å². The van der Waals surface area contributed by atoms with Crippen LogP contribution in [-0.4, -0.2) is 20.3 Å². The maximum Gasteiger partial charge on any atom is 0.127 e. The smallest absolute Gasteiger partial charge is 0.127 e. The molecule has 0 radical (unpaired) electrons. The van der Waals surface area contributed by atoms with Crippen molar-refractivity contribution in [3.8, 4) is 11.5 Å². The lowest BCUT2D eigenvalue weighted by molar-refractivity contribution is 0.323. The molecule has 3 heteroatoms. The molecule has 0 saturated heterocycles. The van der Waals surface area contributed by atoms with Crippen LogP contribution in [0.5, 0.6) is 11.5 Å². The highest BCUT2D eigenvalue weighted by Gasteiger charge is 2.38. The fourth-order valence-electron chi connectivity index (χ4n) is 3.82. The minimum absolute atomic E-state index is 0.539. The van der Waals surface area contributed by atoms with Gasteiger partial charge in [0, 0.05) is 24.2 Å². The Morgan fingerprint density at radius 1 is 1.19 bits per heavy atom. The molecule has 1 saturated carbocycles. The second-order valence-corrected chi connectivity index (χ2v) is 6.29. The highest BCUT2D eigenvalue weighted by Crippen LogP contribution is 2.44. The van der Waals surface area contributed by atoms with Gasteiger partial charge < -0.3 is 14.8 Å². The van der Waals surface area contributed by atoms with E-state index >= 15 is 0 Å². The highest BCUT2D eigenvalue weighted by molar-refractivity contribution is 5.40. The first kappa shape index (κ1) is 14.5. The number of nitrogens with one attached hydrogen (secondary N) is 1. The zero-order valence-corrected chi connectivity index (χ0v) is 13.1. The van der Waals surface area contributed by atoms with Gasteiger partial charge in [0.25, 0.3) is 0 Å². The quantitative estimate of drug-likeness (QED) is 0.814. The summed E-state index contributed by atoms with van der Waals surface area (Å²) in [6, 6.07) is 6.56. The van der Waals surface area contributed by atoms with Crippen molar-refractivity contribution in [1.29, 1.82) is 0 Å². The third-order valence-corrected chi connectivity index (χ3v) is 5.08. The van der Waals surface area contributed by atoms with Gasteiger partial charge >= 0.3 is 0 Å². The summed E-state index contributed by atoms with van der Waals surface area (Å²) in [6.07, 6.45) is 7.53. The summed E-state index contributed by atoms with van der Waals surface area (Å²) in [5, 5.41) is 3.68. The van der Waals surface area contributed by atoms with Crippen LogP contribution >= 0.6 is 0 Å². The Morgan fingerprint density at radius 3 is 2.67 bits per heavy atom. The van der Waals surface area contributed by atoms with Crippen LogP contribution in [0.25, 0.3) is 0 Å². The van der Waals surface area contributed by atoms with Gasteiger partial charge in [0.2, 0.25) is 0 Å². The van der Waals surface area contributed by atoms with Crippen LogP contribution < -0.4 is 14.8 Å². The van der Waals surface area contributed by atoms with Gasteiger partial charge in [-0.1, -0.05) is 18.2 Å². The molecule has 1 N–H and O–H groups in total. The average molecular weight is 287 g/mol. The highest BCUT2D eigenvalue weighted by atomic mass is 16.5. The molecule has 0 spiro atoms. The van der Waals surface area contributed by atoms with E-state index in [1.165, 1.54) is 18.4 Å². The summed E-state index contributed by atoms with van der Waals surface area (Å²) in [4.78, 5) is 0. The fourth-order valence-corrected chi connectivity index (χ4v) is 3.82. The number of rotatable bonds is 6. The van der Waals surface area contributed by atoms with E-state index in [9.17, 15) is 0 Å². The minimum atomic E-state index is 0.539. The second kappa shape index (κ2) is 6.10. The second-order valence-electron chi connectivity index (χ2n) is 6.29. The molecule has 1 fully saturated rings. The van der Waals surface area contributed by atoms with Crippen LogP contribution in [0, 0.1) is 17.8 Å². The Balaban J connectivity index is 1.61. The molecule has 3 rings (SSSR count). The normalized spacial score (nSPS) is 27.9. The van der Waals surface area contributed by atoms with Crippen molar-refractivity contribution < 1.29 is 9.47 Å². The molecule has 1 aromatic rings. The molecule has 4 unspecified atom stereocenters. The lowest BCUT2D eigenvalue weighted by Gasteiger charge is -2.26. The van der Waals surface area contributed by atoms with Crippen LogP contribution in [0.2, 0.25) is 0 Å². The number of hydrogen-bond acceptors (Lipinski definition) is 3. The number of ether oxygens (including phenoxy) is 2. The summed E-state index contributed by atoms with van der Waals surface area (Å²) in [7, 11) is 3.39. The third-order valence-electron chi connectivity index (χ3n) is 5.08. The molecule has 2 aliphatic rings. The van der Waals surface area contributed by atoms with Crippen LogP contribution in [0.4, 0.5) is 0 Å². The molecular formula is C18H25NO2. The molecule has 114 valence electrons. The van der Waals surface area contributed by atoms with Crippen molar-refractivity contribution in [1.82, 2.24) is 5.32 Å². The van der Waals surface area contributed by atoms with Crippen LogP contribution in [-0.2, 0) is 6.54 Å². The first-order valence-electron chi connectivity index (χ1n) is 7.84. The Morgan fingerprint density at radius 2 is 2.05 bits per heavy atom. The van der Waals surface area contributed by atoms with Crippen LogP contribution in [0.15, 0.2) is 30.4 Å². The van der Waals surface area contributed by atoms with Crippen LogP contribution in [0.1, 0.15) is 25.3 Å². The topological polar surface area (TPSA) is 30.5 Å². The molecule has 0 aliphatic heterocycles. The number of hydrogen-bond donors (Lipinski definition) is 1. The maximum absolute atomic E-state index is 5.46. The monoisotopic (exact) mass is 287 g/mol. The van der Waals surface area contributed by atoms with Gasteiger partial charge in [-0.25, -0.2) is 0 Å². The van der Waals surface area contributed by atoms with Crippen molar-refractivity contribution in [2.75, 3.05) is 14.2 Å². The zero-order chi connectivity index (χ0) is 14.8. The van der Waals surface area contributed by atoms with Gasteiger partial charge in [-0.05, 0) is 43.6 Å². The number of fused-ring (bicyclic) bond motifs is 2. The number of methoxy groups -OCH3 is 2. The van der Waals surface area contributed by atoms with E-state index in [0.717, 1.165) is 35.8 Å². The Bertz CT molecular complexity index is 526. The molecule has 0 heterocycles. The standard InChI is InChI=1S/C18H25NO2/c1-12(17-9-13-4-5-14(17)8-13)19-11-15-6-7-16(20-2)10-18(15)21-3/h4-7,10,12-14,17,19H,8-9,11H2,1-3H3. The summed E-state index contributed by atoms with van der Waals surface area (Å²) in [6.45, 7) is 3.15. The molecular weight excluding hydrogens is 262 g/mol. The number of allylic oxidation sites excluding steroid dienone is 2. The predicted octanol–water partition coefficient (Wildman–Crippen LogP) is 3.39. The van der Waals surface area contributed by atoms with Crippen molar-refractivity contribution in [2.45, 2.75) is 32.4 Å². The van der Waals surface area contributed by atoms with E-state index in [-0.39, 0.29) is 0 Å². The minimum Gasteiger partial charge on any atom is -0.497 e. The SMILES string of the molecule is COc1ccc(CNC(C)C2CC3C=CC2C3)c(OC)c1. The van der Waals surface area contributed by atoms with Gasteiger partial charge in [0.05, 0.1) is 14.2 Å². The lowest BCUT2D eigenvalue weighted by atomic mass is 9.87. The third kappa shape index (κ3) is 2.93. The summed E-state index contributed by atoms with van der Waals surface area (Å²) in [5.41, 5.74) is 1.18. The zero-order valence-electron chi connectivity index (χ0n) is 13.1. The summed E-state index contributed by atoms with van der Waals surface area (Å²) < 4.78 is 10.7. The molecule has 1 aromatic carbocycles. The van der Waals surface area contributed by atoms with E-state index in [1.807, 2.05) is 12.1 Å². The Kier molecular flexibility index (Phi) is 4.20. The molecule has 2 aliphatic carbocycles. The van der Waals surface area contributed by atoms with Crippen LogP contribution in [0.3, 0.4) is 0 Å². The van der Waals surface area contributed by atoms with Crippen molar-refractivity contribution in [3.05, 3.63) is 35.9 Å². The van der Waals surface area contributed by atoms with E-state index in [4.69, 9.17) is 9.47 Å². The molecule has 2 bridgehead atoms. The van der Waals surface area contributed by atoms with E-state index in [2.05, 4.69) is 30.5 Å². The maximum atomic E-state index is 5.46. The fraction of sp³-hybridized carbons (Fsp3) is 0.556. The average Bonchev–Trinajstić information content (AvgIpc) is 3.15. The van der Waals surface area contributed by atoms with E-state index in [0.29, 0.717) is 6.04 Å². The molecule has 0 amide bonds. The molecule has 0 aromatic heterocycles. The largest absolute Gasteiger partial charge is 0.497 e. The van der Waals surface area contributed by atoms with Gasteiger partial charge in [-0.2, -0.15) is 0 Å². The van der Waals surface area contributed by atoms with Gasteiger partial charge in [-0.3, -0.25) is 0 Å². The molecule has 4 atom stereocenters. The first-order chi connectivity index (χ1) is 10.2. The Labute approximate surface area is 127 Å². The van der Waals surface area contributed by atoms with E-state index < -0.39 is 0 Å². The summed E-state index contributed by atoms with van der Waals surface area (Å²) in [5.74, 6) is 4.13. The van der Waals surface area contributed by atoms with Gasteiger partial charge in [-0.15, -0.1) is 0 Å². The molecule has 3 nitrogen and oxygen atoms in total. The van der Waals surface area contributed by atoms with E-state index in [1.54, 1.807) is 14.2 Å². The van der Waals surface area contributed by atoms with Crippen molar-refractivity contribution in [2.24, 2.45) is 17.8 Å². The molecule has 21 heavy (non-hydrogen) atoms. The lowest BCUT2D eigenvalue weighted by Crippen LogP contribution is -2.35. The Hall–Kier alpha value is -1.48. The van der Waals surface area contributed by atoms with Crippen molar-refractivity contribution in [3.63, 3.8) is 0 Å². The predicted molar refractivity (Wildman–Crippen MR) is 84.7 cm³/mol. The summed E-state index contributed by atoms with van der Waals surface area (Å²) >= 11 is 0. The first-order valence-corrected chi connectivity index (χ1v) is 7.84. The number of benzene rings is 1. The van der Waals surface area contributed by atoms with Gasteiger partial charge in [0.1, 0.15) is 11.5 Å².